The first-order valence-electron chi connectivity index (χ1n) is 6.04. The smallest absolute Gasteiger partial charge is 0.0527 e. The lowest BCUT2D eigenvalue weighted by atomic mass is 10.2. The summed E-state index contributed by atoms with van der Waals surface area (Å²) in [6, 6.07) is 6.04. The van der Waals surface area contributed by atoms with Crippen LogP contribution in [-0.4, -0.2) is 8.07 Å². The number of hydrogen-bond donors (Lipinski definition) is 0. The second kappa shape index (κ2) is 7.60. The minimum absolute atomic E-state index is 0.788. The number of rotatable bonds is 8. The van der Waals surface area contributed by atoms with Crippen LogP contribution < -0.4 is 0 Å². The van der Waals surface area contributed by atoms with Crippen molar-refractivity contribution >= 4 is 8.07 Å². The van der Waals surface area contributed by atoms with E-state index in [1.54, 1.807) is 6.04 Å². The van der Waals surface area contributed by atoms with Gasteiger partial charge in [0, 0.05) is 0 Å². The summed E-state index contributed by atoms with van der Waals surface area (Å²) >= 11 is 0. The fraction of sp³-hybridized carbons (Fsp3) is 0.917. The fourth-order valence-corrected chi connectivity index (χ4v) is 5.69. The summed E-state index contributed by atoms with van der Waals surface area (Å²) in [6.45, 7) is 11.1. The molecule has 0 fully saturated rings. The quantitative estimate of drug-likeness (QED) is 0.386. The lowest BCUT2D eigenvalue weighted by molar-refractivity contribution is 0.717. The maximum absolute atomic E-state index is 3.89. The first kappa shape index (κ1) is 13.2. The van der Waals surface area contributed by atoms with Gasteiger partial charge in [-0.1, -0.05) is 77.6 Å². The Labute approximate surface area is 86.1 Å². The fourth-order valence-electron chi connectivity index (χ4n) is 2.13. The van der Waals surface area contributed by atoms with E-state index in [-0.39, 0.29) is 0 Å². The van der Waals surface area contributed by atoms with Crippen molar-refractivity contribution in [3.05, 3.63) is 6.92 Å². The first-order valence-corrected chi connectivity index (χ1v) is 8.86. The van der Waals surface area contributed by atoms with Gasteiger partial charge in [-0.25, -0.2) is 0 Å². The van der Waals surface area contributed by atoms with E-state index in [4.69, 9.17) is 0 Å². The van der Waals surface area contributed by atoms with Gasteiger partial charge in [0.2, 0.25) is 0 Å². The molecule has 0 aromatic rings. The molecule has 0 amide bonds. The largest absolute Gasteiger partial charge is 0.0678 e. The highest BCUT2D eigenvalue weighted by Crippen LogP contribution is 2.27. The standard InChI is InChI=1S/C12H27Si/c1-5-9-10-11-12-13(6-2,7-3)8-4/h1,5-12H2,2-4H3. The van der Waals surface area contributed by atoms with E-state index in [0.717, 1.165) is 6.42 Å². The molecule has 0 spiro atoms. The summed E-state index contributed by atoms with van der Waals surface area (Å²) in [5.41, 5.74) is 0. The van der Waals surface area contributed by atoms with Crippen molar-refractivity contribution < 1.29 is 0 Å². The lowest BCUT2D eigenvalue weighted by Gasteiger charge is -2.27. The molecule has 0 unspecified atom stereocenters. The Morgan fingerprint density at radius 2 is 1.38 bits per heavy atom. The molecule has 0 rings (SSSR count). The van der Waals surface area contributed by atoms with Crippen molar-refractivity contribution in [2.75, 3.05) is 0 Å². The summed E-state index contributed by atoms with van der Waals surface area (Å²) in [5, 5.41) is 0. The summed E-state index contributed by atoms with van der Waals surface area (Å²) in [6.07, 6.45) is 5.34. The highest BCUT2D eigenvalue weighted by atomic mass is 28.3. The van der Waals surface area contributed by atoms with Gasteiger partial charge in [0.05, 0.1) is 8.07 Å². The van der Waals surface area contributed by atoms with Gasteiger partial charge in [-0.3, -0.25) is 0 Å². The second-order valence-electron chi connectivity index (χ2n) is 4.22. The van der Waals surface area contributed by atoms with E-state index in [0.29, 0.717) is 0 Å². The molecule has 79 valence electrons. The Morgan fingerprint density at radius 3 is 1.77 bits per heavy atom. The van der Waals surface area contributed by atoms with E-state index >= 15 is 0 Å². The van der Waals surface area contributed by atoms with Crippen LogP contribution in [0.4, 0.5) is 0 Å². The van der Waals surface area contributed by atoms with E-state index in [1.165, 1.54) is 37.4 Å². The highest BCUT2D eigenvalue weighted by Gasteiger charge is 2.25. The molecule has 0 heterocycles. The molecule has 0 saturated heterocycles. The van der Waals surface area contributed by atoms with Gasteiger partial charge in [-0.15, -0.1) is 0 Å². The molecule has 0 aliphatic carbocycles. The molecular weight excluding hydrogens is 172 g/mol. The normalized spacial score (nSPS) is 12.0. The minimum Gasteiger partial charge on any atom is -0.0678 e. The zero-order valence-electron chi connectivity index (χ0n) is 9.86. The molecule has 1 heteroatoms. The molecular formula is C12H27Si. The van der Waals surface area contributed by atoms with Gasteiger partial charge in [-0.05, 0) is 0 Å². The van der Waals surface area contributed by atoms with Crippen molar-refractivity contribution in [3.8, 4) is 0 Å². The highest BCUT2D eigenvalue weighted by molar-refractivity contribution is 6.79. The Hall–Kier alpha value is 0.217. The third kappa shape index (κ3) is 4.85. The second-order valence-corrected chi connectivity index (χ2v) is 9.85. The van der Waals surface area contributed by atoms with Crippen molar-refractivity contribution in [1.29, 1.82) is 0 Å². The van der Waals surface area contributed by atoms with Crippen LogP contribution in [0.3, 0.4) is 0 Å². The maximum atomic E-state index is 3.89. The molecule has 0 aliphatic rings. The van der Waals surface area contributed by atoms with Crippen LogP contribution in [0.1, 0.15) is 46.5 Å². The molecule has 13 heavy (non-hydrogen) atoms. The van der Waals surface area contributed by atoms with Crippen molar-refractivity contribution in [2.45, 2.75) is 70.6 Å². The van der Waals surface area contributed by atoms with Crippen LogP contribution >= 0.6 is 0 Å². The average Bonchev–Trinajstić information content (AvgIpc) is 2.20. The Balaban J connectivity index is 3.68. The predicted octanol–water partition coefficient (Wildman–Crippen LogP) is 4.89. The molecule has 0 aromatic heterocycles. The Morgan fingerprint density at radius 1 is 0.846 bits per heavy atom. The molecule has 0 bridgehead atoms. The Kier molecular flexibility index (Phi) is 7.73. The summed E-state index contributed by atoms with van der Waals surface area (Å²) in [4.78, 5) is 0. The van der Waals surface area contributed by atoms with Crippen LogP contribution in [0.25, 0.3) is 0 Å². The minimum atomic E-state index is -0.788. The number of unbranched alkanes of at least 4 members (excludes halogenated alkanes) is 3. The zero-order chi connectivity index (χ0) is 10.2. The lowest BCUT2D eigenvalue weighted by Crippen LogP contribution is -2.30. The van der Waals surface area contributed by atoms with E-state index in [1.807, 2.05) is 0 Å². The van der Waals surface area contributed by atoms with Crippen molar-refractivity contribution in [3.63, 3.8) is 0 Å². The Bertz CT molecular complexity index is 97.4. The van der Waals surface area contributed by atoms with E-state index in [2.05, 4.69) is 27.7 Å². The van der Waals surface area contributed by atoms with Crippen molar-refractivity contribution in [2.24, 2.45) is 0 Å². The van der Waals surface area contributed by atoms with Crippen molar-refractivity contribution in [1.82, 2.24) is 0 Å². The van der Waals surface area contributed by atoms with Gasteiger partial charge in [0.25, 0.3) is 0 Å². The molecule has 0 aromatic carbocycles. The maximum Gasteiger partial charge on any atom is 0.0527 e. The molecule has 0 saturated carbocycles. The van der Waals surface area contributed by atoms with Gasteiger partial charge in [0.15, 0.2) is 0 Å². The average molecular weight is 199 g/mol. The SMILES string of the molecule is [CH2]CCCCC[Si](CC)(CC)CC. The third-order valence-electron chi connectivity index (χ3n) is 3.71. The van der Waals surface area contributed by atoms with Crippen LogP contribution in [0.5, 0.6) is 0 Å². The topological polar surface area (TPSA) is 0 Å². The van der Waals surface area contributed by atoms with E-state index < -0.39 is 8.07 Å². The van der Waals surface area contributed by atoms with E-state index in [9.17, 15) is 0 Å². The molecule has 1 radical (unpaired) electrons. The van der Waals surface area contributed by atoms with Crippen LogP contribution in [-0.2, 0) is 0 Å². The van der Waals surface area contributed by atoms with Crippen LogP contribution in [0.15, 0.2) is 0 Å². The van der Waals surface area contributed by atoms with Crippen LogP contribution in [0.2, 0.25) is 24.2 Å². The van der Waals surface area contributed by atoms with Gasteiger partial charge in [-0.2, -0.15) is 0 Å². The van der Waals surface area contributed by atoms with Gasteiger partial charge < -0.3 is 0 Å². The predicted molar refractivity (Wildman–Crippen MR) is 65.8 cm³/mol. The van der Waals surface area contributed by atoms with Gasteiger partial charge >= 0.3 is 0 Å². The molecule has 0 nitrogen and oxygen atoms in total. The summed E-state index contributed by atoms with van der Waals surface area (Å²) < 4.78 is 0. The van der Waals surface area contributed by atoms with Crippen LogP contribution in [0, 0.1) is 6.92 Å². The molecule has 0 N–H and O–H groups in total. The monoisotopic (exact) mass is 199 g/mol. The third-order valence-corrected chi connectivity index (χ3v) is 9.62. The molecule has 0 aliphatic heterocycles. The first-order chi connectivity index (χ1) is 6.24. The molecule has 0 atom stereocenters. The summed E-state index contributed by atoms with van der Waals surface area (Å²) in [5.74, 6) is 0. The van der Waals surface area contributed by atoms with Gasteiger partial charge in [0.1, 0.15) is 0 Å². The number of hydrogen-bond acceptors (Lipinski definition) is 0. The summed E-state index contributed by atoms with van der Waals surface area (Å²) in [7, 11) is -0.788. The zero-order valence-corrected chi connectivity index (χ0v) is 10.9.